The fourth-order valence-electron chi connectivity index (χ4n) is 2.27. The molecule has 1 rings (SSSR count). The lowest BCUT2D eigenvalue weighted by Crippen LogP contribution is -2.15. The number of nitrogens with two attached hydrogens (primary N) is 1. The molecule has 1 aromatic carbocycles. The summed E-state index contributed by atoms with van der Waals surface area (Å²) < 4.78 is 10.5. The van der Waals surface area contributed by atoms with Gasteiger partial charge in [-0.3, -0.25) is 0 Å². The van der Waals surface area contributed by atoms with Crippen LogP contribution in [-0.2, 0) is 0 Å². The highest BCUT2D eigenvalue weighted by Gasteiger charge is 2.17. The minimum atomic E-state index is -0.0257. The first-order valence-electron chi connectivity index (χ1n) is 6.74. The van der Waals surface area contributed by atoms with E-state index in [-0.39, 0.29) is 6.04 Å². The maximum Gasteiger partial charge on any atom is 0.179 e. The predicted octanol–water partition coefficient (Wildman–Crippen LogP) is 4.18. The molecule has 0 spiro atoms. The van der Waals surface area contributed by atoms with Crippen molar-refractivity contribution in [2.75, 3.05) is 14.2 Å². The van der Waals surface area contributed by atoms with Crippen LogP contribution in [0.15, 0.2) is 12.1 Å². The zero-order valence-corrected chi connectivity index (χ0v) is 13.0. The Morgan fingerprint density at radius 3 is 2.26 bits per heavy atom. The minimum Gasteiger partial charge on any atom is -0.493 e. The number of hydrogen-bond donors (Lipinski definition) is 1. The average Bonchev–Trinajstić information content (AvgIpc) is 2.43. The fourth-order valence-corrected chi connectivity index (χ4v) is 2.57. The van der Waals surface area contributed by atoms with E-state index in [1.165, 1.54) is 0 Å². The van der Waals surface area contributed by atoms with Gasteiger partial charge in [-0.25, -0.2) is 0 Å². The molecule has 0 amide bonds. The van der Waals surface area contributed by atoms with Crippen LogP contribution in [-0.4, -0.2) is 14.2 Å². The average molecular weight is 286 g/mol. The van der Waals surface area contributed by atoms with Crippen LogP contribution in [0.5, 0.6) is 11.5 Å². The van der Waals surface area contributed by atoms with Gasteiger partial charge in [-0.2, -0.15) is 0 Å². The van der Waals surface area contributed by atoms with Crippen molar-refractivity contribution in [1.29, 1.82) is 0 Å². The molecule has 0 radical (unpaired) electrons. The van der Waals surface area contributed by atoms with Crippen LogP contribution in [0.25, 0.3) is 0 Å². The Kier molecular flexibility index (Phi) is 6.46. The molecule has 0 bridgehead atoms. The molecule has 1 unspecified atom stereocenters. The number of ether oxygens (including phenoxy) is 2. The van der Waals surface area contributed by atoms with E-state index in [9.17, 15) is 0 Å². The first-order chi connectivity index (χ1) is 9.07. The van der Waals surface area contributed by atoms with Crippen LogP contribution < -0.4 is 15.2 Å². The molecule has 19 heavy (non-hydrogen) atoms. The van der Waals surface area contributed by atoms with Crippen LogP contribution in [0.2, 0.25) is 5.02 Å². The standard InChI is InChI=1S/C15H24ClNO2/c1-5-10(6-2)7-13(17)11-8-12(16)15(19-4)14(9-11)18-3/h8-10,13H,5-7,17H2,1-4H3. The molecule has 0 saturated heterocycles. The van der Waals surface area contributed by atoms with E-state index in [0.29, 0.717) is 22.4 Å². The van der Waals surface area contributed by atoms with Crippen molar-refractivity contribution in [3.63, 3.8) is 0 Å². The van der Waals surface area contributed by atoms with E-state index in [1.54, 1.807) is 14.2 Å². The zero-order valence-electron chi connectivity index (χ0n) is 12.2. The fraction of sp³-hybridized carbons (Fsp3) is 0.600. The molecule has 0 aliphatic carbocycles. The Morgan fingerprint density at radius 2 is 1.79 bits per heavy atom. The number of hydrogen-bond acceptors (Lipinski definition) is 3. The summed E-state index contributed by atoms with van der Waals surface area (Å²) in [5.41, 5.74) is 7.27. The lowest BCUT2D eigenvalue weighted by Gasteiger charge is -2.20. The van der Waals surface area contributed by atoms with Gasteiger partial charge in [0.05, 0.1) is 19.2 Å². The van der Waals surface area contributed by atoms with Crippen molar-refractivity contribution in [2.45, 2.75) is 39.2 Å². The van der Waals surface area contributed by atoms with E-state index in [1.807, 2.05) is 12.1 Å². The van der Waals surface area contributed by atoms with Gasteiger partial charge in [-0.1, -0.05) is 38.3 Å². The van der Waals surface area contributed by atoms with Crippen molar-refractivity contribution in [1.82, 2.24) is 0 Å². The number of methoxy groups -OCH3 is 2. The highest BCUT2D eigenvalue weighted by Crippen LogP contribution is 2.38. The molecular weight excluding hydrogens is 262 g/mol. The Hall–Kier alpha value is -0.930. The Balaban J connectivity index is 2.97. The zero-order chi connectivity index (χ0) is 14.4. The van der Waals surface area contributed by atoms with E-state index >= 15 is 0 Å². The second kappa shape index (κ2) is 7.61. The van der Waals surface area contributed by atoms with Gasteiger partial charge >= 0.3 is 0 Å². The summed E-state index contributed by atoms with van der Waals surface area (Å²) in [6.45, 7) is 4.39. The summed E-state index contributed by atoms with van der Waals surface area (Å²) in [6.07, 6.45) is 3.25. The van der Waals surface area contributed by atoms with Gasteiger partial charge in [0, 0.05) is 6.04 Å². The quantitative estimate of drug-likeness (QED) is 0.817. The first kappa shape index (κ1) is 16.1. The topological polar surface area (TPSA) is 44.5 Å². The molecule has 0 saturated carbocycles. The van der Waals surface area contributed by atoms with E-state index in [4.69, 9.17) is 26.8 Å². The molecule has 0 aliphatic heterocycles. The van der Waals surface area contributed by atoms with Crippen LogP contribution in [0.1, 0.15) is 44.7 Å². The van der Waals surface area contributed by atoms with Crippen molar-refractivity contribution >= 4 is 11.6 Å². The third-order valence-electron chi connectivity index (χ3n) is 3.63. The molecule has 1 atom stereocenters. The molecule has 108 valence electrons. The third-order valence-corrected chi connectivity index (χ3v) is 3.91. The van der Waals surface area contributed by atoms with Gasteiger partial charge in [0.25, 0.3) is 0 Å². The second-order valence-corrected chi connectivity index (χ2v) is 5.17. The van der Waals surface area contributed by atoms with Crippen LogP contribution in [0.3, 0.4) is 0 Å². The molecule has 2 N–H and O–H groups in total. The molecule has 1 aromatic rings. The maximum atomic E-state index is 6.28. The molecule has 0 aromatic heterocycles. The normalized spacial score (nSPS) is 12.6. The molecule has 4 heteroatoms. The second-order valence-electron chi connectivity index (χ2n) is 4.76. The van der Waals surface area contributed by atoms with Crippen molar-refractivity contribution in [2.24, 2.45) is 11.7 Å². The summed E-state index contributed by atoms with van der Waals surface area (Å²) >= 11 is 6.20. The summed E-state index contributed by atoms with van der Waals surface area (Å²) in [6, 6.07) is 3.76. The van der Waals surface area contributed by atoms with E-state index < -0.39 is 0 Å². The summed E-state index contributed by atoms with van der Waals surface area (Å²) in [4.78, 5) is 0. The third kappa shape index (κ3) is 4.02. The summed E-state index contributed by atoms with van der Waals surface area (Å²) in [7, 11) is 3.18. The highest BCUT2D eigenvalue weighted by molar-refractivity contribution is 6.32. The Morgan fingerprint density at radius 1 is 1.16 bits per heavy atom. The molecular formula is C15H24ClNO2. The molecule has 0 heterocycles. The van der Waals surface area contributed by atoms with Gasteiger partial charge in [0.15, 0.2) is 11.5 Å². The summed E-state index contributed by atoms with van der Waals surface area (Å²) in [5, 5.41) is 0.539. The smallest absolute Gasteiger partial charge is 0.179 e. The highest BCUT2D eigenvalue weighted by atomic mass is 35.5. The predicted molar refractivity (Wildman–Crippen MR) is 80.2 cm³/mol. The van der Waals surface area contributed by atoms with Gasteiger partial charge in [-0.05, 0) is 30.0 Å². The first-order valence-corrected chi connectivity index (χ1v) is 7.12. The molecule has 3 nitrogen and oxygen atoms in total. The minimum absolute atomic E-state index is 0.0257. The van der Waals surface area contributed by atoms with Crippen molar-refractivity contribution in [3.8, 4) is 11.5 Å². The number of halogens is 1. The van der Waals surface area contributed by atoms with E-state index in [0.717, 1.165) is 24.8 Å². The lowest BCUT2D eigenvalue weighted by molar-refractivity contribution is 0.353. The van der Waals surface area contributed by atoms with Crippen LogP contribution in [0, 0.1) is 5.92 Å². The Labute approximate surface area is 121 Å². The number of rotatable bonds is 7. The van der Waals surface area contributed by atoms with Crippen LogP contribution >= 0.6 is 11.6 Å². The molecule has 0 fully saturated rings. The van der Waals surface area contributed by atoms with E-state index in [2.05, 4.69) is 13.8 Å². The summed E-state index contributed by atoms with van der Waals surface area (Å²) in [5.74, 6) is 1.83. The van der Waals surface area contributed by atoms with Crippen molar-refractivity contribution < 1.29 is 9.47 Å². The van der Waals surface area contributed by atoms with Gasteiger partial charge < -0.3 is 15.2 Å². The monoisotopic (exact) mass is 285 g/mol. The van der Waals surface area contributed by atoms with Gasteiger partial charge in [0.2, 0.25) is 0 Å². The largest absolute Gasteiger partial charge is 0.493 e. The van der Waals surface area contributed by atoms with Crippen LogP contribution in [0.4, 0.5) is 0 Å². The van der Waals surface area contributed by atoms with Gasteiger partial charge in [0.1, 0.15) is 0 Å². The molecule has 0 aliphatic rings. The van der Waals surface area contributed by atoms with Gasteiger partial charge in [-0.15, -0.1) is 0 Å². The van der Waals surface area contributed by atoms with Crippen molar-refractivity contribution in [3.05, 3.63) is 22.7 Å². The maximum absolute atomic E-state index is 6.28. The lowest BCUT2D eigenvalue weighted by atomic mass is 9.91. The SMILES string of the molecule is CCC(CC)CC(N)c1cc(Cl)c(OC)c(OC)c1. The Bertz CT molecular complexity index is 405. The number of benzene rings is 1.